The maximum absolute atomic E-state index is 12.6. The predicted molar refractivity (Wildman–Crippen MR) is 108 cm³/mol. The Kier molecular flexibility index (Phi) is 6.47. The van der Waals surface area contributed by atoms with Crippen molar-refractivity contribution in [3.63, 3.8) is 0 Å². The van der Waals surface area contributed by atoms with E-state index in [9.17, 15) is 8.42 Å². The Labute approximate surface area is 169 Å². The minimum atomic E-state index is -3.35. The molecule has 0 aliphatic carbocycles. The molecule has 2 heterocycles. The summed E-state index contributed by atoms with van der Waals surface area (Å²) < 4.78 is 30.3. The smallest absolute Gasteiger partial charge is 0.179 e. The molecule has 1 aliphatic rings. The van der Waals surface area contributed by atoms with Crippen molar-refractivity contribution < 1.29 is 13.2 Å². The summed E-state index contributed by atoms with van der Waals surface area (Å²) in [6.07, 6.45) is 1.58. The van der Waals surface area contributed by atoms with E-state index in [1.807, 2.05) is 0 Å². The Morgan fingerprint density at radius 3 is 2.56 bits per heavy atom. The molecule has 1 saturated heterocycles. The van der Waals surface area contributed by atoms with E-state index in [1.54, 1.807) is 36.5 Å². The maximum Gasteiger partial charge on any atom is 0.179 e. The first-order chi connectivity index (χ1) is 12.9. The molecule has 0 radical (unpaired) electrons. The highest BCUT2D eigenvalue weighted by molar-refractivity contribution is 7.91. The average Bonchev–Trinajstić information content (AvgIpc) is 2.67. The van der Waals surface area contributed by atoms with Crippen LogP contribution in [0.3, 0.4) is 0 Å². The minimum Gasteiger partial charge on any atom is -0.497 e. The molecule has 0 bridgehead atoms. The lowest BCUT2D eigenvalue weighted by Gasteiger charge is -2.35. The molecule has 1 aromatic carbocycles. The van der Waals surface area contributed by atoms with Crippen LogP contribution in [0.25, 0.3) is 0 Å². The highest BCUT2D eigenvalue weighted by Gasteiger charge is 2.22. The minimum absolute atomic E-state index is 0.0696. The van der Waals surface area contributed by atoms with E-state index in [0.717, 1.165) is 26.2 Å². The van der Waals surface area contributed by atoms with E-state index in [4.69, 9.17) is 27.9 Å². The number of aromatic nitrogens is 1. The number of sulfone groups is 1. The second kappa shape index (κ2) is 8.65. The molecule has 0 spiro atoms. The Hall–Kier alpha value is -1.54. The average molecular weight is 430 g/mol. The van der Waals surface area contributed by atoms with Gasteiger partial charge in [-0.1, -0.05) is 29.3 Å². The number of rotatable bonds is 6. The lowest BCUT2D eigenvalue weighted by atomic mass is 10.3. The van der Waals surface area contributed by atoms with Crippen LogP contribution in [-0.2, 0) is 9.84 Å². The van der Waals surface area contributed by atoms with Gasteiger partial charge in [0.15, 0.2) is 9.84 Å². The van der Waals surface area contributed by atoms with Gasteiger partial charge in [-0.3, -0.25) is 4.90 Å². The predicted octanol–water partition coefficient (Wildman–Crippen LogP) is 2.99. The molecule has 0 unspecified atom stereocenters. The fraction of sp³-hybridized carbons (Fsp3) is 0.389. The van der Waals surface area contributed by atoms with Crippen molar-refractivity contribution >= 4 is 38.9 Å². The number of halogens is 2. The van der Waals surface area contributed by atoms with Crippen LogP contribution in [0.5, 0.6) is 5.75 Å². The van der Waals surface area contributed by atoms with Gasteiger partial charge < -0.3 is 9.64 Å². The molecule has 146 valence electrons. The fourth-order valence-electron chi connectivity index (χ4n) is 2.99. The van der Waals surface area contributed by atoms with Gasteiger partial charge in [0.2, 0.25) is 0 Å². The zero-order valence-corrected chi connectivity index (χ0v) is 17.3. The van der Waals surface area contributed by atoms with Gasteiger partial charge in [0, 0.05) is 38.9 Å². The third-order valence-electron chi connectivity index (χ3n) is 4.54. The van der Waals surface area contributed by atoms with Gasteiger partial charge in [0.25, 0.3) is 0 Å². The molecule has 0 atom stereocenters. The van der Waals surface area contributed by atoms with Crippen molar-refractivity contribution in [3.05, 3.63) is 46.6 Å². The molecule has 1 fully saturated rings. The van der Waals surface area contributed by atoms with Crippen molar-refractivity contribution in [1.82, 2.24) is 9.88 Å². The molecule has 1 aliphatic heterocycles. The van der Waals surface area contributed by atoms with Crippen molar-refractivity contribution in [2.45, 2.75) is 4.90 Å². The number of benzene rings is 1. The van der Waals surface area contributed by atoms with E-state index in [-0.39, 0.29) is 10.6 Å². The van der Waals surface area contributed by atoms with Crippen LogP contribution in [0.2, 0.25) is 10.0 Å². The van der Waals surface area contributed by atoms with Crippen LogP contribution < -0.4 is 9.64 Å². The zero-order valence-electron chi connectivity index (χ0n) is 14.9. The number of hydrogen-bond donors (Lipinski definition) is 0. The molecular formula is C18H21Cl2N3O3S. The van der Waals surface area contributed by atoms with Crippen LogP contribution in [0, 0.1) is 0 Å². The van der Waals surface area contributed by atoms with Gasteiger partial charge >= 0.3 is 0 Å². The fourth-order valence-corrected chi connectivity index (χ4v) is 4.80. The van der Waals surface area contributed by atoms with Crippen LogP contribution in [0.1, 0.15) is 0 Å². The number of hydrogen-bond acceptors (Lipinski definition) is 6. The molecule has 6 nitrogen and oxygen atoms in total. The van der Waals surface area contributed by atoms with Crippen LogP contribution in [0.4, 0.5) is 5.82 Å². The van der Waals surface area contributed by atoms with Crippen LogP contribution in [0.15, 0.2) is 41.4 Å². The molecule has 27 heavy (non-hydrogen) atoms. The van der Waals surface area contributed by atoms with Crippen molar-refractivity contribution in [3.8, 4) is 5.75 Å². The number of anilines is 1. The Morgan fingerprint density at radius 2 is 1.89 bits per heavy atom. The van der Waals surface area contributed by atoms with Gasteiger partial charge in [0.1, 0.15) is 11.6 Å². The highest BCUT2D eigenvalue weighted by atomic mass is 35.5. The van der Waals surface area contributed by atoms with Crippen LogP contribution in [-0.4, -0.2) is 63.9 Å². The Balaban J connectivity index is 1.56. The largest absolute Gasteiger partial charge is 0.497 e. The lowest BCUT2D eigenvalue weighted by Crippen LogP contribution is -2.48. The topological polar surface area (TPSA) is 62.7 Å². The summed E-state index contributed by atoms with van der Waals surface area (Å²) >= 11 is 12.1. The second-order valence-corrected chi connectivity index (χ2v) is 9.24. The zero-order chi connectivity index (χ0) is 19.4. The number of piperazine rings is 1. The third-order valence-corrected chi connectivity index (χ3v) is 6.71. The van der Waals surface area contributed by atoms with E-state index in [2.05, 4.69) is 14.8 Å². The monoisotopic (exact) mass is 429 g/mol. The molecule has 3 rings (SSSR count). The van der Waals surface area contributed by atoms with E-state index < -0.39 is 9.84 Å². The number of nitrogens with zero attached hydrogens (tertiary/aromatic N) is 3. The van der Waals surface area contributed by atoms with Gasteiger partial charge in [-0.05, 0) is 24.3 Å². The Morgan fingerprint density at radius 1 is 1.15 bits per heavy atom. The second-order valence-electron chi connectivity index (χ2n) is 6.29. The molecule has 0 saturated carbocycles. The first-order valence-corrected chi connectivity index (χ1v) is 10.9. The molecule has 0 N–H and O–H groups in total. The van der Waals surface area contributed by atoms with Gasteiger partial charge in [0.05, 0.1) is 27.8 Å². The summed E-state index contributed by atoms with van der Waals surface area (Å²) in [4.78, 5) is 8.82. The first kappa shape index (κ1) is 20.2. The number of ether oxygens (including phenoxy) is 1. The lowest BCUT2D eigenvalue weighted by molar-refractivity contribution is 0.271. The standard InChI is InChI=1S/C18H21Cl2N3O3S/c1-26-15-3-2-4-16(12-15)27(24,25)10-9-22-5-7-23(8-6-22)18-17(20)11-14(19)13-21-18/h2-4,11-13H,5-10H2,1H3. The van der Waals surface area contributed by atoms with E-state index >= 15 is 0 Å². The van der Waals surface area contributed by atoms with Crippen molar-refractivity contribution in [1.29, 1.82) is 0 Å². The number of pyridine rings is 1. The Bertz CT molecular complexity index is 900. The third kappa shape index (κ3) is 5.04. The summed E-state index contributed by atoms with van der Waals surface area (Å²) in [6.45, 7) is 3.43. The van der Waals surface area contributed by atoms with Crippen molar-refractivity contribution in [2.75, 3.05) is 50.5 Å². The summed E-state index contributed by atoms with van der Waals surface area (Å²) in [5, 5.41) is 1.03. The molecule has 2 aromatic rings. The first-order valence-electron chi connectivity index (χ1n) is 8.54. The van der Waals surface area contributed by atoms with Gasteiger partial charge in [-0.15, -0.1) is 0 Å². The maximum atomic E-state index is 12.6. The SMILES string of the molecule is COc1cccc(S(=O)(=O)CCN2CCN(c3ncc(Cl)cc3Cl)CC2)c1. The summed E-state index contributed by atoms with van der Waals surface area (Å²) in [5.41, 5.74) is 0. The molecular weight excluding hydrogens is 409 g/mol. The van der Waals surface area contributed by atoms with Gasteiger partial charge in [-0.2, -0.15) is 0 Å². The molecule has 9 heteroatoms. The summed E-state index contributed by atoms with van der Waals surface area (Å²) in [6, 6.07) is 8.26. The normalized spacial score (nSPS) is 15.7. The summed E-state index contributed by atoms with van der Waals surface area (Å²) in [7, 11) is -1.83. The highest BCUT2D eigenvalue weighted by Crippen LogP contribution is 2.26. The quantitative estimate of drug-likeness (QED) is 0.702. The summed E-state index contributed by atoms with van der Waals surface area (Å²) in [5.74, 6) is 1.32. The van der Waals surface area contributed by atoms with Crippen LogP contribution >= 0.6 is 23.2 Å². The number of methoxy groups -OCH3 is 1. The van der Waals surface area contributed by atoms with Crippen molar-refractivity contribution in [2.24, 2.45) is 0 Å². The molecule has 0 amide bonds. The van der Waals surface area contributed by atoms with E-state index in [1.165, 1.54) is 7.11 Å². The van der Waals surface area contributed by atoms with E-state index in [0.29, 0.717) is 28.2 Å². The van der Waals surface area contributed by atoms with Gasteiger partial charge in [-0.25, -0.2) is 13.4 Å². The molecule has 1 aromatic heterocycles.